The number of H-pyrrole nitrogens is 1. The van der Waals surface area contributed by atoms with Crippen LogP contribution in [-0.4, -0.2) is 24.6 Å². The van der Waals surface area contributed by atoms with Crippen LogP contribution in [0.1, 0.15) is 0 Å². The summed E-state index contributed by atoms with van der Waals surface area (Å²) in [6, 6.07) is 13.7. The van der Waals surface area contributed by atoms with Crippen LogP contribution >= 0.6 is 11.3 Å². The van der Waals surface area contributed by atoms with Gasteiger partial charge in [-0.25, -0.2) is 9.78 Å². The summed E-state index contributed by atoms with van der Waals surface area (Å²) in [6.45, 7) is 0. The molecular formula is C18H11N5OS. The van der Waals surface area contributed by atoms with E-state index in [9.17, 15) is 4.79 Å². The van der Waals surface area contributed by atoms with E-state index in [0.29, 0.717) is 11.5 Å². The Hall–Kier alpha value is -3.32. The van der Waals surface area contributed by atoms with Crippen molar-refractivity contribution in [2.45, 2.75) is 0 Å². The second-order valence-corrected chi connectivity index (χ2v) is 6.44. The zero-order chi connectivity index (χ0) is 16.8. The van der Waals surface area contributed by atoms with Crippen LogP contribution in [0.2, 0.25) is 0 Å². The van der Waals surface area contributed by atoms with Gasteiger partial charge in [0.1, 0.15) is 4.83 Å². The van der Waals surface area contributed by atoms with Gasteiger partial charge in [0.15, 0.2) is 11.5 Å². The SMILES string of the molecule is O=c1[nH]c2scc(-c3ccccc3)c2c2nc(-c3cccnc3)nn12. The molecule has 4 heterocycles. The summed E-state index contributed by atoms with van der Waals surface area (Å²) in [7, 11) is 0. The maximum absolute atomic E-state index is 12.4. The third-order valence-electron chi connectivity index (χ3n) is 4.04. The number of benzene rings is 1. The molecule has 4 aromatic heterocycles. The number of rotatable bonds is 2. The van der Waals surface area contributed by atoms with Crippen LogP contribution < -0.4 is 5.69 Å². The Balaban J connectivity index is 1.86. The zero-order valence-corrected chi connectivity index (χ0v) is 13.7. The lowest BCUT2D eigenvalue weighted by Gasteiger charge is -2.00. The van der Waals surface area contributed by atoms with Crippen LogP contribution in [0.4, 0.5) is 0 Å². The van der Waals surface area contributed by atoms with E-state index >= 15 is 0 Å². The number of aromatic nitrogens is 5. The van der Waals surface area contributed by atoms with Gasteiger partial charge in [-0.1, -0.05) is 30.3 Å². The van der Waals surface area contributed by atoms with Crippen molar-refractivity contribution in [1.29, 1.82) is 0 Å². The van der Waals surface area contributed by atoms with Crippen LogP contribution in [-0.2, 0) is 0 Å². The number of nitrogens with one attached hydrogen (secondary N) is 1. The van der Waals surface area contributed by atoms with Gasteiger partial charge in [-0.2, -0.15) is 4.52 Å². The van der Waals surface area contributed by atoms with Crippen LogP contribution in [0.25, 0.3) is 38.4 Å². The molecule has 5 aromatic rings. The topological polar surface area (TPSA) is 75.9 Å². The molecule has 6 nitrogen and oxygen atoms in total. The Kier molecular flexibility index (Phi) is 3.01. The Morgan fingerprint density at radius 3 is 2.68 bits per heavy atom. The van der Waals surface area contributed by atoms with Crippen molar-refractivity contribution in [3.63, 3.8) is 0 Å². The molecular weight excluding hydrogens is 334 g/mol. The molecule has 7 heteroatoms. The maximum Gasteiger partial charge on any atom is 0.349 e. The van der Waals surface area contributed by atoms with E-state index in [4.69, 9.17) is 0 Å². The first-order valence-corrected chi connectivity index (χ1v) is 8.55. The zero-order valence-electron chi connectivity index (χ0n) is 12.9. The molecule has 0 bridgehead atoms. The first-order valence-electron chi connectivity index (χ1n) is 7.67. The number of aromatic amines is 1. The lowest BCUT2D eigenvalue weighted by molar-refractivity contribution is 0.887. The predicted molar refractivity (Wildman–Crippen MR) is 97.7 cm³/mol. The largest absolute Gasteiger partial charge is 0.349 e. The number of hydrogen-bond acceptors (Lipinski definition) is 5. The second-order valence-electron chi connectivity index (χ2n) is 5.56. The van der Waals surface area contributed by atoms with E-state index in [-0.39, 0.29) is 5.69 Å². The van der Waals surface area contributed by atoms with Crippen LogP contribution in [0, 0.1) is 0 Å². The maximum atomic E-state index is 12.4. The summed E-state index contributed by atoms with van der Waals surface area (Å²) in [5.41, 5.74) is 3.14. The summed E-state index contributed by atoms with van der Waals surface area (Å²) >= 11 is 1.49. The summed E-state index contributed by atoms with van der Waals surface area (Å²) in [4.78, 5) is 24.8. The lowest BCUT2D eigenvalue weighted by atomic mass is 10.1. The van der Waals surface area contributed by atoms with Gasteiger partial charge in [0.2, 0.25) is 0 Å². The minimum Gasteiger partial charge on any atom is -0.297 e. The van der Waals surface area contributed by atoms with Crippen molar-refractivity contribution in [3.8, 4) is 22.5 Å². The number of pyridine rings is 1. The molecule has 1 N–H and O–H groups in total. The van der Waals surface area contributed by atoms with E-state index in [1.54, 1.807) is 12.4 Å². The summed E-state index contributed by atoms with van der Waals surface area (Å²) < 4.78 is 1.32. The summed E-state index contributed by atoms with van der Waals surface area (Å²) in [6.07, 6.45) is 3.38. The number of hydrogen-bond donors (Lipinski definition) is 1. The third kappa shape index (κ3) is 2.17. The smallest absolute Gasteiger partial charge is 0.297 e. The fourth-order valence-corrected chi connectivity index (χ4v) is 3.84. The minimum atomic E-state index is -0.299. The highest BCUT2D eigenvalue weighted by Crippen LogP contribution is 2.34. The standard InChI is InChI=1S/C18H11N5OS/c24-18-21-17-14(13(10-25-17)11-5-2-1-3-6-11)16-20-15(22-23(16)18)12-7-4-8-19-9-12/h1-10H,(H,21,24). The molecule has 0 atom stereocenters. The van der Waals surface area contributed by atoms with Gasteiger partial charge in [-0.3, -0.25) is 9.97 Å². The van der Waals surface area contributed by atoms with E-state index in [1.165, 1.54) is 15.9 Å². The third-order valence-corrected chi connectivity index (χ3v) is 4.93. The molecule has 0 unspecified atom stereocenters. The normalized spacial score (nSPS) is 11.4. The predicted octanol–water partition coefficient (Wildman–Crippen LogP) is 3.36. The molecule has 5 rings (SSSR count). The van der Waals surface area contributed by atoms with Gasteiger partial charge in [0.25, 0.3) is 0 Å². The van der Waals surface area contributed by atoms with Crippen molar-refractivity contribution in [2.75, 3.05) is 0 Å². The van der Waals surface area contributed by atoms with Gasteiger partial charge in [-0.05, 0) is 17.7 Å². The average Bonchev–Trinajstić information content (AvgIpc) is 3.28. The first-order chi connectivity index (χ1) is 12.3. The molecule has 120 valence electrons. The first kappa shape index (κ1) is 14.1. The molecule has 0 aliphatic rings. The van der Waals surface area contributed by atoms with Gasteiger partial charge < -0.3 is 0 Å². The number of nitrogens with zero attached hydrogens (tertiary/aromatic N) is 4. The highest BCUT2D eigenvalue weighted by atomic mass is 32.1. The Bertz CT molecular complexity index is 1250. The second kappa shape index (κ2) is 5.35. The minimum absolute atomic E-state index is 0.299. The fourth-order valence-electron chi connectivity index (χ4n) is 2.88. The van der Waals surface area contributed by atoms with Gasteiger partial charge >= 0.3 is 5.69 Å². The molecule has 0 radical (unpaired) electrons. The quantitative estimate of drug-likeness (QED) is 0.532. The van der Waals surface area contributed by atoms with Crippen LogP contribution in [0.3, 0.4) is 0 Å². The fraction of sp³-hybridized carbons (Fsp3) is 0. The molecule has 25 heavy (non-hydrogen) atoms. The van der Waals surface area contributed by atoms with E-state index in [0.717, 1.165) is 26.9 Å². The molecule has 0 aliphatic heterocycles. The van der Waals surface area contributed by atoms with Crippen molar-refractivity contribution >= 4 is 27.2 Å². The van der Waals surface area contributed by atoms with Crippen molar-refractivity contribution < 1.29 is 0 Å². The van der Waals surface area contributed by atoms with E-state index in [2.05, 4.69) is 20.1 Å². The highest BCUT2D eigenvalue weighted by Gasteiger charge is 2.17. The number of thiophene rings is 1. The Morgan fingerprint density at radius 1 is 1.04 bits per heavy atom. The Morgan fingerprint density at radius 2 is 1.88 bits per heavy atom. The summed E-state index contributed by atoms with van der Waals surface area (Å²) in [5.74, 6) is 0.483. The molecule has 0 saturated heterocycles. The van der Waals surface area contributed by atoms with Gasteiger partial charge in [0, 0.05) is 28.9 Å². The monoisotopic (exact) mass is 345 g/mol. The van der Waals surface area contributed by atoms with Crippen molar-refractivity contribution in [3.05, 3.63) is 70.7 Å². The number of fused-ring (bicyclic) bond motifs is 3. The van der Waals surface area contributed by atoms with E-state index < -0.39 is 0 Å². The Labute approximate surface area is 145 Å². The average molecular weight is 345 g/mol. The summed E-state index contributed by atoms with van der Waals surface area (Å²) in [5, 5.41) is 7.31. The van der Waals surface area contributed by atoms with Crippen molar-refractivity contribution in [1.82, 2.24) is 24.6 Å². The molecule has 0 fully saturated rings. The molecule has 1 aromatic carbocycles. The molecule has 0 aliphatic carbocycles. The molecule has 0 saturated carbocycles. The van der Waals surface area contributed by atoms with Crippen molar-refractivity contribution in [2.24, 2.45) is 0 Å². The molecule has 0 spiro atoms. The molecule has 0 amide bonds. The van der Waals surface area contributed by atoms with Crippen LogP contribution in [0.5, 0.6) is 0 Å². The van der Waals surface area contributed by atoms with E-state index in [1.807, 2.05) is 47.8 Å². The van der Waals surface area contributed by atoms with Crippen LogP contribution in [0.15, 0.2) is 65.0 Å². The van der Waals surface area contributed by atoms with Gasteiger partial charge in [0.05, 0.1) is 5.39 Å². The highest BCUT2D eigenvalue weighted by molar-refractivity contribution is 7.17. The van der Waals surface area contributed by atoms with Gasteiger partial charge in [-0.15, -0.1) is 16.4 Å². The lowest BCUT2D eigenvalue weighted by Crippen LogP contribution is -2.16.